The number of allylic oxidation sites excluding steroid dienone is 2. The first kappa shape index (κ1) is 20.1. The van der Waals surface area contributed by atoms with Crippen LogP contribution in [0, 0.1) is 5.41 Å². The van der Waals surface area contributed by atoms with Crippen LogP contribution in [-0.2, 0) is 0 Å². The van der Waals surface area contributed by atoms with Gasteiger partial charge in [-0.3, -0.25) is 9.38 Å². The van der Waals surface area contributed by atoms with Crippen LogP contribution in [-0.4, -0.2) is 44.6 Å². The highest BCUT2D eigenvalue weighted by Gasteiger charge is 2.18. The van der Waals surface area contributed by atoms with Gasteiger partial charge in [0.15, 0.2) is 5.65 Å². The molecule has 0 amide bonds. The zero-order valence-electron chi connectivity index (χ0n) is 17.6. The molecule has 0 aliphatic rings. The van der Waals surface area contributed by atoms with Crippen molar-refractivity contribution in [1.29, 1.82) is 5.41 Å². The highest BCUT2D eigenvalue weighted by molar-refractivity contribution is 6.22. The highest BCUT2D eigenvalue weighted by atomic mass is 16.5. The molecule has 4 aromatic rings. The third-order valence-electron chi connectivity index (χ3n) is 4.90. The van der Waals surface area contributed by atoms with Gasteiger partial charge in [-0.1, -0.05) is 0 Å². The molecule has 2 aromatic carbocycles. The molecule has 31 heavy (non-hydrogen) atoms. The van der Waals surface area contributed by atoms with Gasteiger partial charge in [0.1, 0.15) is 11.5 Å². The Labute approximate surface area is 178 Å². The molecule has 3 N–H and O–H groups in total. The molecule has 0 aliphatic carbocycles. The highest BCUT2D eigenvalue weighted by Crippen LogP contribution is 2.33. The predicted octanol–water partition coefficient (Wildman–Crippen LogP) is 4.37. The van der Waals surface area contributed by atoms with E-state index in [9.17, 15) is 5.11 Å². The Hall–Kier alpha value is -4.14. The number of fused-ring (bicyclic) bond motifs is 3. The summed E-state index contributed by atoms with van der Waals surface area (Å²) in [5, 5.41) is 29.9. The Morgan fingerprint density at radius 3 is 2.42 bits per heavy atom. The number of ether oxygens (including phenoxy) is 2. The molecular formula is C22H22N6O3. The van der Waals surface area contributed by atoms with Crippen LogP contribution in [0.1, 0.15) is 19.4 Å². The van der Waals surface area contributed by atoms with E-state index in [1.54, 1.807) is 46.4 Å². The lowest BCUT2D eigenvalue weighted by Crippen LogP contribution is -2.04. The average molecular weight is 418 g/mol. The van der Waals surface area contributed by atoms with E-state index < -0.39 is 0 Å². The van der Waals surface area contributed by atoms with Crippen LogP contribution in [0.25, 0.3) is 22.3 Å². The van der Waals surface area contributed by atoms with E-state index >= 15 is 0 Å². The van der Waals surface area contributed by atoms with Gasteiger partial charge in [0.05, 0.1) is 37.2 Å². The van der Waals surface area contributed by atoms with Crippen LogP contribution in [0.5, 0.6) is 11.5 Å². The standard InChI is InChI=1S/C22H22N6O3/c1-12(23)21(13(2)29)16-9-17-18(10-19(16)31-4)28-20(11-24-17)26-27-22(28)25-14-5-7-15(30-3)8-6-14/h5-11,23,29H,1-4H3,(H,25,27)/b21-13+,23-12?. The summed E-state index contributed by atoms with van der Waals surface area (Å²) >= 11 is 0. The zero-order chi connectivity index (χ0) is 22.1. The van der Waals surface area contributed by atoms with Crippen molar-refractivity contribution >= 4 is 39.6 Å². The molecule has 9 heteroatoms. The van der Waals surface area contributed by atoms with Gasteiger partial charge in [-0.15, -0.1) is 10.2 Å². The summed E-state index contributed by atoms with van der Waals surface area (Å²) in [5.74, 6) is 1.81. The normalized spacial score (nSPS) is 12.0. The van der Waals surface area contributed by atoms with E-state index in [2.05, 4.69) is 20.5 Å². The van der Waals surface area contributed by atoms with Crippen LogP contribution in [0.15, 0.2) is 48.4 Å². The van der Waals surface area contributed by atoms with Gasteiger partial charge in [0.2, 0.25) is 5.95 Å². The third kappa shape index (κ3) is 3.61. The van der Waals surface area contributed by atoms with Crippen molar-refractivity contribution in [3.8, 4) is 11.5 Å². The van der Waals surface area contributed by atoms with E-state index in [0.717, 1.165) is 17.0 Å². The maximum Gasteiger partial charge on any atom is 0.234 e. The first-order valence-corrected chi connectivity index (χ1v) is 9.51. The molecule has 0 bridgehead atoms. The fourth-order valence-corrected chi connectivity index (χ4v) is 3.50. The fourth-order valence-electron chi connectivity index (χ4n) is 3.50. The topological polar surface area (TPSA) is 118 Å². The summed E-state index contributed by atoms with van der Waals surface area (Å²) < 4.78 is 12.6. The Bertz CT molecular complexity index is 1320. The van der Waals surface area contributed by atoms with Gasteiger partial charge in [-0.05, 0) is 44.2 Å². The van der Waals surface area contributed by atoms with Crippen LogP contribution >= 0.6 is 0 Å². The number of anilines is 2. The van der Waals surface area contributed by atoms with E-state index in [1.807, 2.05) is 28.7 Å². The van der Waals surface area contributed by atoms with Crippen molar-refractivity contribution in [2.75, 3.05) is 19.5 Å². The minimum atomic E-state index is 0.0392. The molecule has 0 saturated heterocycles. The van der Waals surface area contributed by atoms with E-state index in [1.165, 1.54) is 0 Å². The monoisotopic (exact) mass is 418 g/mol. The fraction of sp³-hybridized carbons (Fsp3) is 0.182. The molecular weight excluding hydrogens is 396 g/mol. The number of aliphatic hydroxyl groups is 1. The molecule has 0 spiro atoms. The Morgan fingerprint density at radius 2 is 1.81 bits per heavy atom. The molecule has 0 aliphatic heterocycles. The molecule has 2 heterocycles. The van der Waals surface area contributed by atoms with Gasteiger partial charge in [-0.25, -0.2) is 0 Å². The quantitative estimate of drug-likeness (QED) is 0.314. The lowest BCUT2D eigenvalue weighted by molar-refractivity contribution is 0.409. The predicted molar refractivity (Wildman–Crippen MR) is 120 cm³/mol. The summed E-state index contributed by atoms with van der Waals surface area (Å²) in [4.78, 5) is 4.49. The Balaban J connectivity index is 1.90. The molecule has 0 atom stereocenters. The molecule has 158 valence electrons. The summed E-state index contributed by atoms with van der Waals surface area (Å²) in [7, 11) is 3.17. The maximum atomic E-state index is 10.1. The molecule has 9 nitrogen and oxygen atoms in total. The van der Waals surface area contributed by atoms with Gasteiger partial charge in [-0.2, -0.15) is 0 Å². The number of aliphatic hydroxyl groups excluding tert-OH is 1. The number of nitrogens with one attached hydrogen (secondary N) is 2. The lowest BCUT2D eigenvalue weighted by Gasteiger charge is -2.15. The van der Waals surface area contributed by atoms with E-state index in [0.29, 0.717) is 34.0 Å². The summed E-state index contributed by atoms with van der Waals surface area (Å²) in [6.07, 6.45) is 1.62. The van der Waals surface area contributed by atoms with E-state index in [4.69, 9.17) is 14.9 Å². The first-order valence-electron chi connectivity index (χ1n) is 9.51. The molecule has 0 unspecified atom stereocenters. The summed E-state index contributed by atoms with van der Waals surface area (Å²) in [6.45, 7) is 3.16. The summed E-state index contributed by atoms with van der Waals surface area (Å²) in [6, 6.07) is 11.1. The largest absolute Gasteiger partial charge is 0.512 e. The van der Waals surface area contributed by atoms with Gasteiger partial charge in [0.25, 0.3) is 0 Å². The molecule has 0 fully saturated rings. The van der Waals surface area contributed by atoms with Gasteiger partial charge in [0, 0.05) is 28.6 Å². The third-order valence-corrected chi connectivity index (χ3v) is 4.90. The maximum absolute atomic E-state index is 10.1. The second kappa shape index (κ2) is 7.94. The second-order valence-corrected chi connectivity index (χ2v) is 6.96. The number of hydrogen-bond donors (Lipinski definition) is 3. The SMILES string of the molecule is COc1ccc(Nc2nnc3cnc4cc(/C(C(C)=N)=C(\C)O)c(OC)cc4n23)cc1. The van der Waals surface area contributed by atoms with Crippen LogP contribution in [0.3, 0.4) is 0 Å². The number of benzene rings is 2. The van der Waals surface area contributed by atoms with Crippen LogP contribution < -0.4 is 14.8 Å². The minimum Gasteiger partial charge on any atom is -0.512 e. The van der Waals surface area contributed by atoms with Crippen molar-refractivity contribution in [2.45, 2.75) is 13.8 Å². The lowest BCUT2D eigenvalue weighted by atomic mass is 9.99. The van der Waals surface area contributed by atoms with Crippen LogP contribution in [0.4, 0.5) is 11.6 Å². The number of nitrogens with zero attached hydrogens (tertiary/aromatic N) is 4. The first-order chi connectivity index (χ1) is 14.9. The minimum absolute atomic E-state index is 0.0392. The Morgan fingerprint density at radius 1 is 1.06 bits per heavy atom. The van der Waals surface area contributed by atoms with Crippen molar-refractivity contribution < 1.29 is 14.6 Å². The number of aromatic nitrogens is 4. The molecule has 4 rings (SSSR count). The molecule has 0 saturated carbocycles. The molecule has 2 aromatic heterocycles. The Kier molecular flexibility index (Phi) is 5.16. The zero-order valence-corrected chi connectivity index (χ0v) is 17.6. The smallest absolute Gasteiger partial charge is 0.234 e. The van der Waals surface area contributed by atoms with Crippen molar-refractivity contribution in [3.05, 3.63) is 53.9 Å². The van der Waals surface area contributed by atoms with Gasteiger partial charge >= 0.3 is 0 Å². The second-order valence-electron chi connectivity index (χ2n) is 6.96. The molecule has 0 radical (unpaired) electrons. The average Bonchev–Trinajstić information content (AvgIpc) is 3.16. The number of rotatable bonds is 6. The van der Waals surface area contributed by atoms with E-state index in [-0.39, 0.29) is 11.5 Å². The van der Waals surface area contributed by atoms with Gasteiger partial charge < -0.3 is 25.3 Å². The van der Waals surface area contributed by atoms with Crippen molar-refractivity contribution in [2.24, 2.45) is 0 Å². The van der Waals surface area contributed by atoms with Crippen molar-refractivity contribution in [3.63, 3.8) is 0 Å². The number of methoxy groups -OCH3 is 2. The number of hydrogen-bond acceptors (Lipinski definition) is 8. The van der Waals surface area contributed by atoms with Crippen molar-refractivity contribution in [1.82, 2.24) is 19.6 Å². The van der Waals surface area contributed by atoms with Crippen LogP contribution in [0.2, 0.25) is 0 Å². The summed E-state index contributed by atoms with van der Waals surface area (Å²) in [5.41, 5.74) is 3.97.